The van der Waals surface area contributed by atoms with Gasteiger partial charge in [-0.2, -0.15) is 0 Å². The van der Waals surface area contributed by atoms with Crippen LogP contribution in [0.3, 0.4) is 0 Å². The Balaban J connectivity index is 1.33. The first kappa shape index (κ1) is 20.0. The Morgan fingerprint density at radius 3 is 2.60 bits per heavy atom. The van der Waals surface area contributed by atoms with E-state index in [0.29, 0.717) is 23.8 Å². The van der Waals surface area contributed by atoms with Gasteiger partial charge in [0.15, 0.2) is 18.1 Å². The van der Waals surface area contributed by atoms with Gasteiger partial charge in [-0.05, 0) is 48.4 Å². The first-order valence-electron chi connectivity index (χ1n) is 9.61. The highest BCUT2D eigenvalue weighted by Crippen LogP contribution is 2.37. The molecule has 1 aliphatic rings. The second kappa shape index (κ2) is 9.00. The number of benzene rings is 2. The van der Waals surface area contributed by atoms with Crippen LogP contribution in [0.1, 0.15) is 28.2 Å². The average Bonchev–Trinajstić information content (AvgIpc) is 3.28. The van der Waals surface area contributed by atoms with Gasteiger partial charge in [-0.3, -0.25) is 4.79 Å². The van der Waals surface area contributed by atoms with Crippen LogP contribution in [0, 0.1) is 0 Å². The fourth-order valence-corrected chi connectivity index (χ4v) is 4.01. The average molecular weight is 423 g/mol. The summed E-state index contributed by atoms with van der Waals surface area (Å²) in [4.78, 5) is 25.8. The lowest BCUT2D eigenvalue weighted by Gasteiger charge is -2.18. The van der Waals surface area contributed by atoms with Gasteiger partial charge in [0.1, 0.15) is 18.1 Å². The molecule has 2 aromatic carbocycles. The van der Waals surface area contributed by atoms with Crippen molar-refractivity contribution < 1.29 is 23.8 Å². The first-order chi connectivity index (χ1) is 14.6. The van der Waals surface area contributed by atoms with E-state index in [-0.39, 0.29) is 18.6 Å². The number of carbonyl (C=O) groups is 2. The molecule has 0 bridgehead atoms. The van der Waals surface area contributed by atoms with Gasteiger partial charge in [0, 0.05) is 4.88 Å². The minimum absolute atomic E-state index is 0.166. The minimum Gasteiger partial charge on any atom is -0.486 e. The highest BCUT2D eigenvalue weighted by Gasteiger charge is 2.17. The standard InChI is InChI=1S/C23H21NO5S/c1-15(16-5-3-2-4-6-16)24-22(25)14-29-23(26)21-10-9-20(30-21)17-7-8-18-19(13-17)28-12-11-27-18/h2-10,13,15H,11-12,14H2,1H3,(H,24,25). The number of hydrogen-bond acceptors (Lipinski definition) is 6. The van der Waals surface area contributed by atoms with Crippen LogP contribution in [0.2, 0.25) is 0 Å². The number of hydrogen-bond donors (Lipinski definition) is 1. The van der Waals surface area contributed by atoms with E-state index in [0.717, 1.165) is 21.8 Å². The van der Waals surface area contributed by atoms with E-state index in [1.165, 1.54) is 11.3 Å². The van der Waals surface area contributed by atoms with E-state index >= 15 is 0 Å². The number of ether oxygens (including phenoxy) is 3. The number of carbonyl (C=O) groups excluding carboxylic acids is 2. The van der Waals surface area contributed by atoms with Crippen molar-refractivity contribution in [3.8, 4) is 21.9 Å². The number of nitrogens with one attached hydrogen (secondary N) is 1. The van der Waals surface area contributed by atoms with Gasteiger partial charge >= 0.3 is 5.97 Å². The summed E-state index contributed by atoms with van der Waals surface area (Å²) in [7, 11) is 0. The summed E-state index contributed by atoms with van der Waals surface area (Å²) in [6, 6.07) is 18.7. The Kier molecular flexibility index (Phi) is 5.99. The molecule has 30 heavy (non-hydrogen) atoms. The van der Waals surface area contributed by atoms with Gasteiger partial charge < -0.3 is 19.5 Å². The van der Waals surface area contributed by atoms with Crippen LogP contribution in [-0.4, -0.2) is 31.7 Å². The van der Waals surface area contributed by atoms with Crippen molar-refractivity contribution in [3.63, 3.8) is 0 Å². The SMILES string of the molecule is CC(NC(=O)COC(=O)c1ccc(-c2ccc3c(c2)OCCO3)s1)c1ccccc1. The number of rotatable bonds is 6. The maximum absolute atomic E-state index is 12.3. The van der Waals surface area contributed by atoms with E-state index < -0.39 is 5.97 Å². The van der Waals surface area contributed by atoms with Crippen LogP contribution in [0.25, 0.3) is 10.4 Å². The lowest BCUT2D eigenvalue weighted by Crippen LogP contribution is -2.31. The van der Waals surface area contributed by atoms with E-state index in [9.17, 15) is 9.59 Å². The molecule has 1 amide bonds. The number of thiophene rings is 1. The third-order valence-electron chi connectivity index (χ3n) is 4.65. The molecular weight excluding hydrogens is 402 g/mol. The zero-order chi connectivity index (χ0) is 20.9. The van der Waals surface area contributed by atoms with Crippen molar-refractivity contribution in [3.05, 3.63) is 71.1 Å². The third-order valence-corrected chi connectivity index (χ3v) is 5.76. The van der Waals surface area contributed by atoms with Crippen molar-refractivity contribution in [1.29, 1.82) is 0 Å². The molecule has 0 radical (unpaired) electrons. The van der Waals surface area contributed by atoms with E-state index in [4.69, 9.17) is 14.2 Å². The van der Waals surface area contributed by atoms with Crippen molar-refractivity contribution in [2.45, 2.75) is 13.0 Å². The molecule has 0 saturated carbocycles. The van der Waals surface area contributed by atoms with Crippen molar-refractivity contribution >= 4 is 23.2 Å². The fourth-order valence-electron chi connectivity index (χ4n) is 3.11. The summed E-state index contributed by atoms with van der Waals surface area (Å²) in [6.07, 6.45) is 0. The van der Waals surface area contributed by atoms with Crippen molar-refractivity contribution in [2.75, 3.05) is 19.8 Å². The zero-order valence-electron chi connectivity index (χ0n) is 16.4. The van der Waals surface area contributed by atoms with Gasteiger partial charge in [-0.25, -0.2) is 4.79 Å². The number of esters is 1. The van der Waals surface area contributed by atoms with Gasteiger partial charge in [-0.1, -0.05) is 30.3 Å². The minimum atomic E-state index is -0.522. The lowest BCUT2D eigenvalue weighted by atomic mass is 10.1. The van der Waals surface area contributed by atoms with Crippen molar-refractivity contribution in [2.24, 2.45) is 0 Å². The summed E-state index contributed by atoms with van der Waals surface area (Å²) >= 11 is 1.30. The molecule has 7 heteroatoms. The molecule has 0 aliphatic carbocycles. The summed E-state index contributed by atoms with van der Waals surface area (Å²) < 4.78 is 16.3. The maximum atomic E-state index is 12.3. The Labute approximate surface area is 178 Å². The highest BCUT2D eigenvalue weighted by molar-refractivity contribution is 7.17. The smallest absolute Gasteiger partial charge is 0.348 e. The van der Waals surface area contributed by atoms with Crippen molar-refractivity contribution in [1.82, 2.24) is 5.32 Å². The van der Waals surface area contributed by atoms with E-state index in [1.54, 1.807) is 6.07 Å². The molecule has 1 unspecified atom stereocenters. The highest BCUT2D eigenvalue weighted by atomic mass is 32.1. The van der Waals surface area contributed by atoms with Crippen LogP contribution < -0.4 is 14.8 Å². The van der Waals surface area contributed by atoms with Gasteiger partial charge in [0.2, 0.25) is 0 Å². The molecule has 2 heterocycles. The fraction of sp³-hybridized carbons (Fsp3) is 0.217. The second-order valence-electron chi connectivity index (χ2n) is 6.80. The molecule has 0 fully saturated rings. The summed E-state index contributed by atoms with van der Waals surface area (Å²) in [5.74, 6) is 0.548. The normalized spacial score (nSPS) is 13.4. The predicted octanol–water partition coefficient (Wildman–Crippen LogP) is 4.22. The maximum Gasteiger partial charge on any atom is 0.348 e. The zero-order valence-corrected chi connectivity index (χ0v) is 17.2. The Bertz CT molecular complexity index is 1050. The second-order valence-corrected chi connectivity index (χ2v) is 7.88. The molecule has 6 nitrogen and oxygen atoms in total. The van der Waals surface area contributed by atoms with Crippen LogP contribution in [0.15, 0.2) is 60.7 Å². The van der Waals surface area contributed by atoms with Crippen LogP contribution in [-0.2, 0) is 9.53 Å². The van der Waals surface area contributed by atoms with Crippen LogP contribution in [0.5, 0.6) is 11.5 Å². The molecule has 0 saturated heterocycles. The Morgan fingerprint density at radius 2 is 1.80 bits per heavy atom. The largest absolute Gasteiger partial charge is 0.486 e. The van der Waals surface area contributed by atoms with Gasteiger partial charge in [0.05, 0.1) is 6.04 Å². The molecular formula is C23H21NO5S. The van der Waals surface area contributed by atoms with Crippen LogP contribution >= 0.6 is 11.3 Å². The van der Waals surface area contributed by atoms with E-state index in [2.05, 4.69) is 5.32 Å². The predicted molar refractivity (Wildman–Crippen MR) is 114 cm³/mol. The van der Waals surface area contributed by atoms with Gasteiger partial charge in [-0.15, -0.1) is 11.3 Å². The molecule has 1 aromatic heterocycles. The van der Waals surface area contributed by atoms with E-state index in [1.807, 2.05) is 61.5 Å². The molecule has 1 atom stereocenters. The summed E-state index contributed by atoms with van der Waals surface area (Å²) in [5, 5.41) is 2.82. The number of fused-ring (bicyclic) bond motifs is 1. The molecule has 1 aliphatic heterocycles. The van der Waals surface area contributed by atoms with Crippen LogP contribution in [0.4, 0.5) is 0 Å². The quantitative estimate of drug-likeness (QED) is 0.601. The molecule has 4 rings (SSSR count). The Morgan fingerprint density at radius 1 is 1.03 bits per heavy atom. The summed E-state index contributed by atoms with van der Waals surface area (Å²) in [5.41, 5.74) is 1.91. The number of amides is 1. The third kappa shape index (κ3) is 4.63. The summed E-state index contributed by atoms with van der Waals surface area (Å²) in [6.45, 7) is 2.61. The monoisotopic (exact) mass is 423 g/mol. The molecule has 0 spiro atoms. The molecule has 154 valence electrons. The topological polar surface area (TPSA) is 73.9 Å². The first-order valence-corrected chi connectivity index (χ1v) is 10.4. The molecule has 1 N–H and O–H groups in total. The molecule has 3 aromatic rings. The Hall–Kier alpha value is -3.32. The van der Waals surface area contributed by atoms with Gasteiger partial charge in [0.25, 0.3) is 5.91 Å². The lowest BCUT2D eigenvalue weighted by molar-refractivity contribution is -0.124.